The summed E-state index contributed by atoms with van der Waals surface area (Å²) < 4.78 is 12.9. The Morgan fingerprint density at radius 2 is 2.06 bits per heavy atom. The number of nitriles is 1. The number of hydrogen-bond donors (Lipinski definition) is 3. The molecule has 0 saturated carbocycles. The number of benzene rings is 2. The zero-order chi connectivity index (χ0) is 22.5. The molecule has 0 atom stereocenters. The molecule has 32 heavy (non-hydrogen) atoms. The SMILES string of the molecule is Cn1c(CNCCO)cnc1C(=O)Nc1cccc(-c2ccc3c(c2)OCCO3)c1C#N. The van der Waals surface area contributed by atoms with Crippen LogP contribution >= 0.6 is 0 Å². The maximum Gasteiger partial charge on any atom is 0.291 e. The van der Waals surface area contributed by atoms with Crippen molar-refractivity contribution in [1.82, 2.24) is 14.9 Å². The van der Waals surface area contributed by atoms with Gasteiger partial charge in [-0.2, -0.15) is 5.26 Å². The third kappa shape index (κ3) is 4.27. The molecular weight excluding hydrogens is 410 g/mol. The summed E-state index contributed by atoms with van der Waals surface area (Å²) in [6.45, 7) is 1.93. The minimum atomic E-state index is -0.420. The van der Waals surface area contributed by atoms with Gasteiger partial charge in [0.15, 0.2) is 17.3 Å². The molecule has 0 spiro atoms. The van der Waals surface area contributed by atoms with Crippen LogP contribution in [0.4, 0.5) is 5.69 Å². The molecule has 0 aliphatic carbocycles. The number of carbonyl (C=O) groups excluding carboxylic acids is 1. The maximum absolute atomic E-state index is 12.9. The van der Waals surface area contributed by atoms with Crippen molar-refractivity contribution in [3.05, 3.63) is 59.7 Å². The fraction of sp³-hybridized carbons (Fsp3) is 0.261. The van der Waals surface area contributed by atoms with Crippen LogP contribution in [0.15, 0.2) is 42.6 Å². The van der Waals surface area contributed by atoms with E-state index in [0.29, 0.717) is 54.6 Å². The number of rotatable bonds is 7. The van der Waals surface area contributed by atoms with E-state index in [1.165, 1.54) is 0 Å². The van der Waals surface area contributed by atoms with Crippen molar-refractivity contribution in [3.63, 3.8) is 0 Å². The largest absolute Gasteiger partial charge is 0.486 e. The first-order chi connectivity index (χ1) is 15.6. The molecule has 3 aromatic rings. The molecule has 1 aliphatic heterocycles. The Morgan fingerprint density at radius 3 is 2.84 bits per heavy atom. The number of aliphatic hydroxyl groups is 1. The number of hydrogen-bond acceptors (Lipinski definition) is 7. The van der Waals surface area contributed by atoms with E-state index < -0.39 is 5.91 Å². The fourth-order valence-electron chi connectivity index (χ4n) is 3.52. The zero-order valence-electron chi connectivity index (χ0n) is 17.6. The number of nitrogens with one attached hydrogen (secondary N) is 2. The van der Waals surface area contributed by atoms with Crippen LogP contribution in [0.1, 0.15) is 21.9 Å². The molecule has 0 fully saturated rings. The quantitative estimate of drug-likeness (QED) is 0.488. The average Bonchev–Trinajstić information content (AvgIpc) is 3.19. The summed E-state index contributed by atoms with van der Waals surface area (Å²) >= 11 is 0. The first kappa shape index (κ1) is 21.4. The van der Waals surface area contributed by atoms with Crippen LogP contribution in [0, 0.1) is 11.3 Å². The fourth-order valence-corrected chi connectivity index (χ4v) is 3.52. The molecule has 9 heteroatoms. The lowest BCUT2D eigenvalue weighted by Gasteiger charge is -2.19. The lowest BCUT2D eigenvalue weighted by molar-refractivity contribution is 0.101. The molecule has 0 radical (unpaired) electrons. The van der Waals surface area contributed by atoms with Crippen molar-refractivity contribution >= 4 is 11.6 Å². The molecule has 1 aliphatic rings. The molecule has 2 heterocycles. The van der Waals surface area contributed by atoms with Gasteiger partial charge in [-0.3, -0.25) is 4.79 Å². The van der Waals surface area contributed by atoms with E-state index in [1.807, 2.05) is 24.3 Å². The predicted octanol–water partition coefficient (Wildman–Crippen LogP) is 2.06. The normalized spacial score (nSPS) is 12.3. The topological polar surface area (TPSA) is 121 Å². The number of anilines is 1. The van der Waals surface area contributed by atoms with Gasteiger partial charge >= 0.3 is 0 Å². The molecule has 0 unspecified atom stereocenters. The van der Waals surface area contributed by atoms with E-state index in [0.717, 1.165) is 11.3 Å². The second kappa shape index (κ2) is 9.51. The Kier molecular flexibility index (Phi) is 6.35. The first-order valence-electron chi connectivity index (χ1n) is 10.2. The summed E-state index contributed by atoms with van der Waals surface area (Å²) in [4.78, 5) is 17.1. The van der Waals surface area contributed by atoms with E-state index in [9.17, 15) is 10.1 Å². The van der Waals surface area contributed by atoms with E-state index >= 15 is 0 Å². The number of fused-ring (bicyclic) bond motifs is 1. The summed E-state index contributed by atoms with van der Waals surface area (Å²) in [7, 11) is 1.74. The lowest BCUT2D eigenvalue weighted by Crippen LogP contribution is -2.21. The molecule has 0 bridgehead atoms. The third-order valence-corrected chi connectivity index (χ3v) is 5.16. The lowest BCUT2D eigenvalue weighted by atomic mass is 9.98. The van der Waals surface area contributed by atoms with Gasteiger partial charge in [-0.25, -0.2) is 4.98 Å². The minimum Gasteiger partial charge on any atom is -0.486 e. The van der Waals surface area contributed by atoms with Gasteiger partial charge in [0.1, 0.15) is 19.3 Å². The van der Waals surface area contributed by atoms with Crippen LogP contribution in [-0.2, 0) is 13.6 Å². The second-order valence-corrected chi connectivity index (χ2v) is 7.19. The van der Waals surface area contributed by atoms with Crippen molar-refractivity contribution in [3.8, 4) is 28.7 Å². The van der Waals surface area contributed by atoms with Crippen molar-refractivity contribution in [2.45, 2.75) is 6.54 Å². The smallest absolute Gasteiger partial charge is 0.291 e. The predicted molar refractivity (Wildman–Crippen MR) is 118 cm³/mol. The van der Waals surface area contributed by atoms with E-state index in [-0.39, 0.29) is 12.4 Å². The second-order valence-electron chi connectivity index (χ2n) is 7.19. The molecule has 3 N–H and O–H groups in total. The van der Waals surface area contributed by atoms with Crippen LogP contribution in [0.3, 0.4) is 0 Å². The Hall–Kier alpha value is -3.87. The highest BCUT2D eigenvalue weighted by atomic mass is 16.6. The molecule has 1 aromatic heterocycles. The first-order valence-corrected chi connectivity index (χ1v) is 10.2. The number of carbonyl (C=O) groups is 1. The monoisotopic (exact) mass is 433 g/mol. The zero-order valence-corrected chi connectivity index (χ0v) is 17.6. The maximum atomic E-state index is 12.9. The minimum absolute atomic E-state index is 0.0296. The van der Waals surface area contributed by atoms with Crippen molar-refractivity contribution in [2.24, 2.45) is 7.05 Å². The Labute approximate surface area is 185 Å². The summed E-state index contributed by atoms with van der Waals surface area (Å²) in [6.07, 6.45) is 1.61. The third-order valence-electron chi connectivity index (χ3n) is 5.16. The Morgan fingerprint density at radius 1 is 1.25 bits per heavy atom. The number of imidazole rings is 1. The summed E-state index contributed by atoms with van der Waals surface area (Å²) in [5, 5.41) is 24.6. The van der Waals surface area contributed by atoms with Gasteiger partial charge in [0.05, 0.1) is 29.7 Å². The highest BCUT2D eigenvalue weighted by Crippen LogP contribution is 2.37. The average molecular weight is 433 g/mol. The van der Waals surface area contributed by atoms with Crippen molar-refractivity contribution in [2.75, 3.05) is 31.7 Å². The van der Waals surface area contributed by atoms with Crippen molar-refractivity contribution in [1.29, 1.82) is 5.26 Å². The van der Waals surface area contributed by atoms with Gasteiger partial charge in [-0.05, 0) is 23.8 Å². The van der Waals surface area contributed by atoms with Crippen LogP contribution in [0.5, 0.6) is 11.5 Å². The number of aliphatic hydroxyl groups excluding tert-OH is 1. The Bertz CT molecular complexity index is 1180. The summed E-state index contributed by atoms with van der Waals surface area (Å²) in [5.41, 5.74) is 3.01. The molecule has 164 valence electrons. The number of amides is 1. The van der Waals surface area contributed by atoms with Crippen LogP contribution < -0.4 is 20.1 Å². The van der Waals surface area contributed by atoms with Gasteiger partial charge in [0.25, 0.3) is 5.91 Å². The molecule has 9 nitrogen and oxygen atoms in total. The van der Waals surface area contributed by atoms with E-state index in [1.54, 1.807) is 29.9 Å². The number of aromatic nitrogens is 2. The van der Waals surface area contributed by atoms with E-state index in [4.69, 9.17) is 14.6 Å². The molecular formula is C23H23N5O4. The van der Waals surface area contributed by atoms with Gasteiger partial charge < -0.3 is 29.8 Å². The Balaban J connectivity index is 1.59. The van der Waals surface area contributed by atoms with Gasteiger partial charge in [-0.15, -0.1) is 0 Å². The van der Waals surface area contributed by atoms with Crippen LogP contribution in [0.2, 0.25) is 0 Å². The number of ether oxygens (including phenoxy) is 2. The molecule has 4 rings (SSSR count). The van der Waals surface area contributed by atoms with Crippen LogP contribution in [0.25, 0.3) is 11.1 Å². The van der Waals surface area contributed by atoms with Gasteiger partial charge in [0.2, 0.25) is 0 Å². The van der Waals surface area contributed by atoms with Gasteiger partial charge in [0, 0.05) is 25.7 Å². The molecule has 2 aromatic carbocycles. The standard InChI is InChI=1S/C23H23N5O4/c1-28-16(13-25-7-8-29)14-26-22(28)23(30)27-19-4-2-3-17(18(19)12-24)15-5-6-20-21(11-15)32-10-9-31-20/h2-6,11,14,25,29H,7-10,13H2,1H3,(H,27,30). The summed E-state index contributed by atoms with van der Waals surface area (Å²) in [5.74, 6) is 1.10. The molecule has 1 amide bonds. The highest BCUT2D eigenvalue weighted by Gasteiger charge is 2.19. The van der Waals surface area contributed by atoms with Crippen molar-refractivity contribution < 1.29 is 19.4 Å². The van der Waals surface area contributed by atoms with Crippen LogP contribution in [-0.4, -0.2) is 46.9 Å². The van der Waals surface area contributed by atoms with Gasteiger partial charge in [-0.1, -0.05) is 18.2 Å². The summed E-state index contributed by atoms with van der Waals surface area (Å²) in [6, 6.07) is 13.0. The number of nitrogens with zero attached hydrogens (tertiary/aromatic N) is 3. The molecule has 0 saturated heterocycles. The van der Waals surface area contributed by atoms with E-state index in [2.05, 4.69) is 21.7 Å². The highest BCUT2D eigenvalue weighted by molar-refractivity contribution is 6.03.